The lowest BCUT2D eigenvalue weighted by atomic mass is 10.2. The number of rotatable bonds is 2. The first kappa shape index (κ1) is 12.9. The summed E-state index contributed by atoms with van der Waals surface area (Å²) in [6, 6.07) is 0. The Morgan fingerprint density at radius 2 is 1.91 bits per heavy atom. The molecule has 0 saturated heterocycles. The van der Waals surface area contributed by atoms with E-state index in [1.54, 1.807) is 6.20 Å². The second kappa shape index (κ2) is 9.28. The standard InChI is InChI=1S/C5H11N.C5H10/c1-3-5(2)4-6;1-4-5(2)3/h4H,3,6H2,1-2H3;4-5H,1H2,2-3H3/b5-4+;. The molecular weight excluding hydrogens is 134 g/mol. The van der Waals surface area contributed by atoms with Crippen LogP contribution in [0.1, 0.15) is 34.1 Å². The molecule has 0 rings (SSSR count). The molecule has 0 radical (unpaired) electrons. The van der Waals surface area contributed by atoms with Crippen molar-refractivity contribution < 1.29 is 0 Å². The van der Waals surface area contributed by atoms with Crippen LogP contribution < -0.4 is 5.73 Å². The minimum Gasteiger partial charge on any atom is -0.405 e. The van der Waals surface area contributed by atoms with Gasteiger partial charge in [-0.15, -0.1) is 6.58 Å². The monoisotopic (exact) mass is 155 g/mol. The van der Waals surface area contributed by atoms with E-state index in [9.17, 15) is 0 Å². The highest BCUT2D eigenvalue weighted by molar-refractivity contribution is 4.92. The second-order valence-electron chi connectivity index (χ2n) is 2.85. The summed E-state index contributed by atoms with van der Waals surface area (Å²) < 4.78 is 0. The van der Waals surface area contributed by atoms with E-state index >= 15 is 0 Å². The minimum absolute atomic E-state index is 0.648. The molecule has 1 nitrogen and oxygen atoms in total. The first-order chi connectivity index (χ1) is 5.08. The maximum Gasteiger partial charge on any atom is -0.00734 e. The Bertz CT molecular complexity index is 112. The van der Waals surface area contributed by atoms with Gasteiger partial charge in [-0.3, -0.25) is 0 Å². The van der Waals surface area contributed by atoms with Gasteiger partial charge >= 0.3 is 0 Å². The molecule has 0 aliphatic carbocycles. The third kappa shape index (κ3) is 17.6. The van der Waals surface area contributed by atoms with Crippen LogP contribution in [0.15, 0.2) is 24.4 Å². The van der Waals surface area contributed by atoms with E-state index in [4.69, 9.17) is 5.73 Å². The van der Waals surface area contributed by atoms with E-state index in [1.807, 2.05) is 13.0 Å². The van der Waals surface area contributed by atoms with Gasteiger partial charge in [0.25, 0.3) is 0 Å². The zero-order valence-electron chi connectivity index (χ0n) is 8.22. The average Bonchev–Trinajstić information content (AvgIpc) is 2.04. The summed E-state index contributed by atoms with van der Waals surface area (Å²) in [6.07, 6.45) is 4.62. The molecule has 0 aromatic rings. The van der Waals surface area contributed by atoms with Crippen LogP contribution in [0.5, 0.6) is 0 Å². The van der Waals surface area contributed by atoms with Crippen LogP contribution in [0.4, 0.5) is 0 Å². The smallest absolute Gasteiger partial charge is 0.00734 e. The van der Waals surface area contributed by atoms with Crippen molar-refractivity contribution in [1.82, 2.24) is 0 Å². The molecule has 0 fully saturated rings. The third-order valence-corrected chi connectivity index (χ3v) is 1.31. The van der Waals surface area contributed by atoms with Gasteiger partial charge in [0, 0.05) is 0 Å². The lowest BCUT2D eigenvalue weighted by molar-refractivity contribution is 0.835. The van der Waals surface area contributed by atoms with Crippen LogP contribution in [0.3, 0.4) is 0 Å². The van der Waals surface area contributed by atoms with Crippen molar-refractivity contribution in [3.05, 3.63) is 24.4 Å². The van der Waals surface area contributed by atoms with Gasteiger partial charge in [-0.05, 0) is 25.5 Å². The lowest BCUT2D eigenvalue weighted by Gasteiger charge is -1.85. The predicted molar refractivity (Wildman–Crippen MR) is 53.3 cm³/mol. The molecule has 0 amide bonds. The molecule has 0 aliphatic heterocycles. The van der Waals surface area contributed by atoms with Crippen LogP contribution in [-0.4, -0.2) is 0 Å². The summed E-state index contributed by atoms with van der Waals surface area (Å²) in [5.41, 5.74) is 6.37. The van der Waals surface area contributed by atoms with Crippen LogP contribution >= 0.6 is 0 Å². The fourth-order valence-electron chi connectivity index (χ4n) is 0.118. The quantitative estimate of drug-likeness (QED) is 0.609. The van der Waals surface area contributed by atoms with Crippen molar-refractivity contribution in [3.8, 4) is 0 Å². The van der Waals surface area contributed by atoms with Crippen molar-refractivity contribution in [2.24, 2.45) is 11.7 Å². The molecule has 0 aromatic carbocycles. The zero-order valence-corrected chi connectivity index (χ0v) is 8.22. The molecule has 66 valence electrons. The van der Waals surface area contributed by atoms with Crippen molar-refractivity contribution in [2.75, 3.05) is 0 Å². The molecule has 1 heteroatoms. The molecule has 0 spiro atoms. The van der Waals surface area contributed by atoms with Gasteiger partial charge in [0.2, 0.25) is 0 Å². The Kier molecular flexibility index (Phi) is 10.9. The Morgan fingerprint density at radius 3 is 1.91 bits per heavy atom. The molecule has 0 aliphatic rings. The Labute approximate surface area is 71.0 Å². The lowest BCUT2D eigenvalue weighted by Crippen LogP contribution is -1.80. The molecule has 0 atom stereocenters. The van der Waals surface area contributed by atoms with E-state index in [1.165, 1.54) is 5.57 Å². The van der Waals surface area contributed by atoms with Gasteiger partial charge in [-0.1, -0.05) is 32.4 Å². The molecule has 2 N–H and O–H groups in total. The zero-order chi connectivity index (χ0) is 9.28. The topological polar surface area (TPSA) is 26.0 Å². The first-order valence-electron chi connectivity index (χ1n) is 4.08. The van der Waals surface area contributed by atoms with Crippen molar-refractivity contribution >= 4 is 0 Å². The van der Waals surface area contributed by atoms with Gasteiger partial charge in [0.15, 0.2) is 0 Å². The fraction of sp³-hybridized carbons (Fsp3) is 0.600. The van der Waals surface area contributed by atoms with Gasteiger partial charge in [0.05, 0.1) is 0 Å². The average molecular weight is 155 g/mol. The van der Waals surface area contributed by atoms with Gasteiger partial charge in [-0.25, -0.2) is 0 Å². The van der Waals surface area contributed by atoms with Gasteiger partial charge in [0.1, 0.15) is 0 Å². The van der Waals surface area contributed by atoms with E-state index in [2.05, 4.69) is 27.4 Å². The normalized spacial score (nSPS) is 10.5. The maximum atomic E-state index is 5.12. The first-order valence-corrected chi connectivity index (χ1v) is 4.08. The second-order valence-corrected chi connectivity index (χ2v) is 2.85. The number of hydrogen-bond donors (Lipinski definition) is 1. The molecule has 0 heterocycles. The SMILES string of the molecule is C=CC(C)C.CC/C(C)=C/N. The van der Waals surface area contributed by atoms with E-state index < -0.39 is 0 Å². The predicted octanol–water partition coefficient (Wildman–Crippen LogP) is 3.09. The molecule has 0 saturated carbocycles. The van der Waals surface area contributed by atoms with Crippen LogP contribution in [0.2, 0.25) is 0 Å². The summed E-state index contributed by atoms with van der Waals surface area (Å²) >= 11 is 0. The Hall–Kier alpha value is -0.720. The van der Waals surface area contributed by atoms with E-state index in [0.29, 0.717) is 5.92 Å². The number of nitrogens with two attached hydrogens (primary N) is 1. The third-order valence-electron chi connectivity index (χ3n) is 1.31. The Balaban J connectivity index is 0. The highest BCUT2D eigenvalue weighted by Gasteiger charge is 1.74. The molecular formula is C10H21N. The van der Waals surface area contributed by atoms with Gasteiger partial charge < -0.3 is 5.73 Å². The minimum atomic E-state index is 0.648. The maximum absolute atomic E-state index is 5.12. The Morgan fingerprint density at radius 1 is 1.55 bits per heavy atom. The van der Waals surface area contributed by atoms with Crippen molar-refractivity contribution in [1.29, 1.82) is 0 Å². The van der Waals surface area contributed by atoms with E-state index in [-0.39, 0.29) is 0 Å². The summed E-state index contributed by atoms with van der Waals surface area (Å²) in [5, 5.41) is 0. The highest BCUT2D eigenvalue weighted by Crippen LogP contribution is 1.91. The molecule has 0 aromatic heterocycles. The fourth-order valence-corrected chi connectivity index (χ4v) is 0.118. The van der Waals surface area contributed by atoms with E-state index in [0.717, 1.165) is 6.42 Å². The summed E-state index contributed by atoms with van der Waals surface area (Å²) in [6.45, 7) is 11.9. The van der Waals surface area contributed by atoms with Crippen LogP contribution in [0, 0.1) is 5.92 Å². The summed E-state index contributed by atoms with van der Waals surface area (Å²) in [5.74, 6) is 0.648. The van der Waals surface area contributed by atoms with Gasteiger partial charge in [-0.2, -0.15) is 0 Å². The molecule has 0 bridgehead atoms. The highest BCUT2D eigenvalue weighted by atomic mass is 14.5. The molecule has 11 heavy (non-hydrogen) atoms. The largest absolute Gasteiger partial charge is 0.405 e. The van der Waals surface area contributed by atoms with Crippen LogP contribution in [0.25, 0.3) is 0 Å². The summed E-state index contributed by atoms with van der Waals surface area (Å²) in [4.78, 5) is 0. The summed E-state index contributed by atoms with van der Waals surface area (Å²) in [7, 11) is 0. The molecule has 0 unspecified atom stereocenters. The van der Waals surface area contributed by atoms with Crippen LogP contribution in [-0.2, 0) is 0 Å². The number of allylic oxidation sites excluding steroid dienone is 2. The number of hydrogen-bond acceptors (Lipinski definition) is 1. The van der Waals surface area contributed by atoms with Crippen molar-refractivity contribution in [3.63, 3.8) is 0 Å². The van der Waals surface area contributed by atoms with Crippen molar-refractivity contribution in [2.45, 2.75) is 34.1 Å².